The molecular weight excluding hydrogens is 227 g/mol. The second-order valence-corrected chi connectivity index (χ2v) is 3.79. The lowest BCUT2D eigenvalue weighted by atomic mass is 10.0. The molecule has 2 rings (SSSR count). The van der Waals surface area contributed by atoms with Gasteiger partial charge in [-0.1, -0.05) is 35.9 Å². The van der Waals surface area contributed by atoms with E-state index in [2.05, 4.69) is 0 Å². The van der Waals surface area contributed by atoms with Crippen molar-refractivity contribution < 1.29 is 9.18 Å². The molecule has 0 aliphatic carbocycles. The first-order valence-electron chi connectivity index (χ1n) is 4.72. The van der Waals surface area contributed by atoms with Gasteiger partial charge >= 0.3 is 0 Å². The van der Waals surface area contributed by atoms with Crippen LogP contribution in [0.3, 0.4) is 0 Å². The number of halogens is 2. The summed E-state index contributed by atoms with van der Waals surface area (Å²) in [6.07, 6.45) is 0. The minimum atomic E-state index is -0.423. The molecule has 0 aliphatic rings. The van der Waals surface area contributed by atoms with Crippen LogP contribution in [0.2, 0.25) is 5.02 Å². The Bertz CT molecular complexity index is 489. The lowest BCUT2D eigenvalue weighted by Crippen LogP contribution is -2.01. The van der Waals surface area contributed by atoms with E-state index in [4.69, 9.17) is 11.6 Å². The Morgan fingerprint density at radius 1 is 1.00 bits per heavy atom. The third-order valence-electron chi connectivity index (χ3n) is 2.17. The van der Waals surface area contributed by atoms with Crippen molar-refractivity contribution in [2.24, 2.45) is 0 Å². The Morgan fingerprint density at radius 2 is 1.62 bits per heavy atom. The average molecular weight is 235 g/mol. The van der Waals surface area contributed by atoms with Crippen molar-refractivity contribution >= 4 is 17.4 Å². The SMILES string of the molecule is O=C(c1cccc(F)c1)c1cccc(Cl)c1. The van der Waals surface area contributed by atoms with Crippen LogP contribution in [-0.4, -0.2) is 5.78 Å². The second-order valence-electron chi connectivity index (χ2n) is 3.35. The largest absolute Gasteiger partial charge is 0.289 e. The van der Waals surface area contributed by atoms with E-state index in [1.807, 2.05) is 0 Å². The van der Waals surface area contributed by atoms with Crippen LogP contribution >= 0.6 is 11.6 Å². The summed E-state index contributed by atoms with van der Waals surface area (Å²) in [7, 11) is 0. The van der Waals surface area contributed by atoms with Crippen LogP contribution in [0, 0.1) is 5.82 Å². The fraction of sp³-hybridized carbons (Fsp3) is 0. The number of hydrogen-bond donors (Lipinski definition) is 0. The van der Waals surface area contributed by atoms with E-state index in [1.54, 1.807) is 30.3 Å². The molecule has 2 aromatic carbocycles. The van der Waals surface area contributed by atoms with Crippen molar-refractivity contribution in [1.29, 1.82) is 0 Å². The maximum absolute atomic E-state index is 12.9. The van der Waals surface area contributed by atoms with Crippen molar-refractivity contribution in [3.8, 4) is 0 Å². The number of hydrogen-bond acceptors (Lipinski definition) is 1. The van der Waals surface area contributed by atoms with Crippen molar-refractivity contribution in [2.75, 3.05) is 0 Å². The standard InChI is InChI=1S/C13H8ClFO/c14-11-5-1-3-9(7-11)13(16)10-4-2-6-12(15)8-10/h1-8H. The van der Waals surface area contributed by atoms with Crippen LogP contribution < -0.4 is 0 Å². The smallest absolute Gasteiger partial charge is 0.193 e. The van der Waals surface area contributed by atoms with Gasteiger partial charge in [0, 0.05) is 16.1 Å². The molecule has 0 bridgehead atoms. The molecule has 3 heteroatoms. The third kappa shape index (κ3) is 2.28. The van der Waals surface area contributed by atoms with Crippen LogP contribution in [0.1, 0.15) is 15.9 Å². The lowest BCUT2D eigenvalue weighted by molar-refractivity contribution is 0.103. The molecule has 0 atom stereocenters. The summed E-state index contributed by atoms with van der Waals surface area (Å²) in [6, 6.07) is 12.2. The second kappa shape index (κ2) is 4.45. The average Bonchev–Trinajstić information content (AvgIpc) is 2.28. The monoisotopic (exact) mass is 234 g/mol. The highest BCUT2D eigenvalue weighted by atomic mass is 35.5. The van der Waals surface area contributed by atoms with Crippen LogP contribution in [0.5, 0.6) is 0 Å². The van der Waals surface area contributed by atoms with E-state index < -0.39 is 5.82 Å². The van der Waals surface area contributed by atoms with Crippen molar-refractivity contribution in [2.45, 2.75) is 0 Å². The van der Waals surface area contributed by atoms with Crippen molar-refractivity contribution in [3.05, 3.63) is 70.5 Å². The van der Waals surface area contributed by atoms with Crippen LogP contribution in [0.4, 0.5) is 4.39 Å². The molecule has 0 aliphatic heterocycles. The molecule has 0 heterocycles. The van der Waals surface area contributed by atoms with Gasteiger partial charge in [0.1, 0.15) is 5.82 Å². The first-order valence-corrected chi connectivity index (χ1v) is 5.10. The highest BCUT2D eigenvalue weighted by molar-refractivity contribution is 6.31. The zero-order valence-corrected chi connectivity index (χ0v) is 9.04. The number of rotatable bonds is 2. The summed E-state index contributed by atoms with van der Waals surface area (Å²) in [6.45, 7) is 0. The van der Waals surface area contributed by atoms with Crippen LogP contribution in [-0.2, 0) is 0 Å². The summed E-state index contributed by atoms with van der Waals surface area (Å²) in [5.41, 5.74) is 0.778. The van der Waals surface area contributed by atoms with E-state index >= 15 is 0 Å². The molecule has 80 valence electrons. The van der Waals surface area contributed by atoms with Gasteiger partial charge in [-0.2, -0.15) is 0 Å². The van der Waals surface area contributed by atoms with Gasteiger partial charge in [-0.3, -0.25) is 4.79 Å². The van der Waals surface area contributed by atoms with Crippen LogP contribution in [0.15, 0.2) is 48.5 Å². The molecule has 0 aromatic heterocycles. The summed E-state index contributed by atoms with van der Waals surface area (Å²) in [5, 5.41) is 0.488. The maximum Gasteiger partial charge on any atom is 0.193 e. The highest BCUT2D eigenvalue weighted by Gasteiger charge is 2.09. The molecule has 0 saturated heterocycles. The molecule has 0 saturated carbocycles. The minimum Gasteiger partial charge on any atom is -0.289 e. The van der Waals surface area contributed by atoms with Gasteiger partial charge < -0.3 is 0 Å². The Hall–Kier alpha value is -1.67. The van der Waals surface area contributed by atoms with Gasteiger partial charge in [-0.25, -0.2) is 4.39 Å². The molecule has 16 heavy (non-hydrogen) atoms. The number of ketones is 1. The quantitative estimate of drug-likeness (QED) is 0.724. The summed E-state index contributed by atoms with van der Waals surface area (Å²) < 4.78 is 12.9. The fourth-order valence-electron chi connectivity index (χ4n) is 1.43. The Morgan fingerprint density at radius 3 is 2.25 bits per heavy atom. The maximum atomic E-state index is 12.9. The zero-order valence-electron chi connectivity index (χ0n) is 8.28. The predicted molar refractivity (Wildman–Crippen MR) is 61.3 cm³/mol. The molecule has 0 unspecified atom stereocenters. The lowest BCUT2D eigenvalue weighted by Gasteiger charge is -2.01. The number of carbonyl (C=O) groups is 1. The Kier molecular flexibility index (Phi) is 3.02. The first-order chi connectivity index (χ1) is 7.66. The zero-order chi connectivity index (χ0) is 11.5. The minimum absolute atomic E-state index is 0.234. The van der Waals surface area contributed by atoms with Crippen LogP contribution in [0.25, 0.3) is 0 Å². The Balaban J connectivity index is 2.39. The summed E-state index contributed by atoms with van der Waals surface area (Å²) in [5.74, 6) is -0.658. The van der Waals surface area contributed by atoms with Gasteiger partial charge in [0.25, 0.3) is 0 Å². The molecule has 0 spiro atoms. The molecule has 1 nitrogen and oxygen atoms in total. The fourth-order valence-corrected chi connectivity index (χ4v) is 1.62. The van der Waals surface area contributed by atoms with E-state index in [0.29, 0.717) is 16.1 Å². The van der Waals surface area contributed by atoms with Gasteiger partial charge in [0.05, 0.1) is 0 Å². The van der Waals surface area contributed by atoms with Crippen molar-refractivity contribution in [1.82, 2.24) is 0 Å². The van der Waals surface area contributed by atoms with E-state index in [0.717, 1.165) is 0 Å². The van der Waals surface area contributed by atoms with E-state index in [1.165, 1.54) is 18.2 Å². The molecule has 2 aromatic rings. The highest BCUT2D eigenvalue weighted by Crippen LogP contribution is 2.15. The third-order valence-corrected chi connectivity index (χ3v) is 2.41. The molecular formula is C13H8ClFO. The normalized spacial score (nSPS) is 10.1. The number of carbonyl (C=O) groups excluding carboxylic acids is 1. The summed E-state index contributed by atoms with van der Waals surface area (Å²) >= 11 is 5.78. The van der Waals surface area contributed by atoms with Gasteiger partial charge in [0.15, 0.2) is 5.78 Å². The van der Waals surface area contributed by atoms with E-state index in [-0.39, 0.29) is 5.78 Å². The first kappa shape index (κ1) is 10.8. The molecule has 0 radical (unpaired) electrons. The topological polar surface area (TPSA) is 17.1 Å². The molecule has 0 amide bonds. The molecule has 0 fully saturated rings. The number of benzene rings is 2. The Labute approximate surface area is 97.5 Å². The van der Waals surface area contributed by atoms with E-state index in [9.17, 15) is 9.18 Å². The van der Waals surface area contributed by atoms with Crippen molar-refractivity contribution in [3.63, 3.8) is 0 Å². The van der Waals surface area contributed by atoms with Gasteiger partial charge in [0.2, 0.25) is 0 Å². The van der Waals surface area contributed by atoms with Gasteiger partial charge in [-0.15, -0.1) is 0 Å². The predicted octanol–water partition coefficient (Wildman–Crippen LogP) is 3.71. The molecule has 0 N–H and O–H groups in total. The van der Waals surface area contributed by atoms with Gasteiger partial charge in [-0.05, 0) is 24.3 Å². The summed E-state index contributed by atoms with van der Waals surface area (Å²) in [4.78, 5) is 11.9.